The van der Waals surface area contributed by atoms with Crippen molar-refractivity contribution in [1.82, 2.24) is 10.1 Å². The van der Waals surface area contributed by atoms with Crippen LogP contribution in [-0.2, 0) is 24.2 Å². The summed E-state index contributed by atoms with van der Waals surface area (Å²) in [7, 11) is 1.69. The minimum atomic E-state index is -0.289. The number of hydrogen-bond acceptors (Lipinski definition) is 5. The van der Waals surface area contributed by atoms with Crippen molar-refractivity contribution < 1.29 is 13.7 Å². The van der Waals surface area contributed by atoms with Crippen LogP contribution in [0.1, 0.15) is 23.1 Å². The molecule has 0 saturated carbocycles. The molecule has 1 aliphatic rings. The molecule has 8 heteroatoms. The number of benzene rings is 3. The second kappa shape index (κ2) is 12.2. The smallest absolute Gasteiger partial charge is 0.233 e. The van der Waals surface area contributed by atoms with Crippen LogP contribution in [0.2, 0.25) is 0 Å². The summed E-state index contributed by atoms with van der Waals surface area (Å²) in [5, 5.41) is 8.36. The van der Waals surface area contributed by atoms with Gasteiger partial charge in [0.05, 0.1) is 12.1 Å². The number of rotatable bonds is 9. The van der Waals surface area contributed by atoms with Crippen LogP contribution in [0.25, 0.3) is 11.3 Å². The third kappa shape index (κ3) is 6.03. The van der Waals surface area contributed by atoms with E-state index in [-0.39, 0.29) is 5.82 Å². The number of halogens is 1. The quantitative estimate of drug-likeness (QED) is 0.202. The maximum atomic E-state index is 13.5. The van der Waals surface area contributed by atoms with Crippen molar-refractivity contribution in [2.45, 2.75) is 25.9 Å². The first-order valence-corrected chi connectivity index (χ1v) is 13.2. The lowest BCUT2D eigenvalue weighted by molar-refractivity contribution is 0.185. The lowest BCUT2D eigenvalue weighted by Crippen LogP contribution is -2.36. The lowest BCUT2D eigenvalue weighted by Gasteiger charge is -2.30. The molecular formula is C30H31FN4O2S. The zero-order valence-corrected chi connectivity index (χ0v) is 22.2. The van der Waals surface area contributed by atoms with E-state index in [4.69, 9.17) is 21.5 Å². The van der Waals surface area contributed by atoms with Crippen LogP contribution in [0.3, 0.4) is 0 Å². The standard InChI is InChI=1S/C30H31FN4O2S/c1-36-19-7-17-35(30(38)32-26-14-12-25(31)13-15-26)21-27-28(23-9-3-2-4-10-23)33-37-29(27)34-18-16-22-8-5-6-11-24(22)20-34/h2-6,8-15H,7,16-21H2,1H3,(H,32,38). The summed E-state index contributed by atoms with van der Waals surface area (Å²) in [6.07, 6.45) is 1.74. The Kier molecular flexibility index (Phi) is 8.31. The van der Waals surface area contributed by atoms with Crippen molar-refractivity contribution in [3.63, 3.8) is 0 Å². The predicted molar refractivity (Wildman–Crippen MR) is 153 cm³/mol. The Morgan fingerprint density at radius 1 is 1.05 bits per heavy atom. The van der Waals surface area contributed by atoms with Gasteiger partial charge in [-0.3, -0.25) is 0 Å². The van der Waals surface area contributed by atoms with Gasteiger partial charge in [-0.2, -0.15) is 0 Å². The summed E-state index contributed by atoms with van der Waals surface area (Å²) in [6.45, 7) is 3.38. The van der Waals surface area contributed by atoms with Gasteiger partial charge in [0.15, 0.2) is 5.11 Å². The minimum Gasteiger partial charge on any atom is -0.385 e. The van der Waals surface area contributed by atoms with Gasteiger partial charge in [-0.1, -0.05) is 59.8 Å². The van der Waals surface area contributed by atoms with Gasteiger partial charge >= 0.3 is 0 Å². The molecule has 0 spiro atoms. The van der Waals surface area contributed by atoms with E-state index in [0.717, 1.165) is 54.3 Å². The fraction of sp³-hybridized carbons (Fsp3) is 0.267. The average molecular weight is 531 g/mol. The van der Waals surface area contributed by atoms with Crippen molar-refractivity contribution >= 4 is 28.9 Å². The Morgan fingerprint density at radius 2 is 1.79 bits per heavy atom. The van der Waals surface area contributed by atoms with Crippen molar-refractivity contribution in [3.8, 4) is 11.3 Å². The van der Waals surface area contributed by atoms with Crippen LogP contribution in [0.15, 0.2) is 83.4 Å². The van der Waals surface area contributed by atoms with Gasteiger partial charge < -0.3 is 24.4 Å². The van der Waals surface area contributed by atoms with Crippen LogP contribution >= 0.6 is 12.2 Å². The Balaban J connectivity index is 1.47. The number of aromatic nitrogens is 1. The van der Waals surface area contributed by atoms with Crippen molar-refractivity contribution in [1.29, 1.82) is 0 Å². The zero-order chi connectivity index (χ0) is 26.3. The van der Waals surface area contributed by atoms with E-state index in [9.17, 15) is 4.39 Å². The number of hydrogen-bond donors (Lipinski definition) is 1. The van der Waals surface area contributed by atoms with Gasteiger partial charge in [0, 0.05) is 44.6 Å². The first kappa shape index (κ1) is 25.9. The molecule has 1 aromatic heterocycles. The minimum absolute atomic E-state index is 0.289. The molecule has 196 valence electrons. The molecule has 2 heterocycles. The van der Waals surface area contributed by atoms with Crippen LogP contribution in [0, 0.1) is 5.82 Å². The molecule has 6 nitrogen and oxygen atoms in total. The molecule has 0 fully saturated rings. The maximum Gasteiger partial charge on any atom is 0.233 e. The molecule has 0 unspecified atom stereocenters. The van der Waals surface area contributed by atoms with Crippen molar-refractivity contribution in [2.24, 2.45) is 0 Å². The molecule has 0 radical (unpaired) electrons. The summed E-state index contributed by atoms with van der Waals surface area (Å²) in [4.78, 5) is 4.36. The van der Waals surface area contributed by atoms with Gasteiger partial charge in [0.2, 0.25) is 5.88 Å². The van der Waals surface area contributed by atoms with E-state index in [0.29, 0.717) is 24.8 Å². The van der Waals surface area contributed by atoms with Crippen LogP contribution in [-0.4, -0.2) is 42.0 Å². The van der Waals surface area contributed by atoms with Crippen molar-refractivity contribution in [2.75, 3.05) is 37.0 Å². The van der Waals surface area contributed by atoms with E-state index in [1.165, 1.54) is 23.3 Å². The number of methoxy groups -OCH3 is 1. The molecule has 38 heavy (non-hydrogen) atoms. The maximum absolute atomic E-state index is 13.5. The first-order chi connectivity index (χ1) is 18.6. The fourth-order valence-corrected chi connectivity index (χ4v) is 5.04. The fourth-order valence-electron chi connectivity index (χ4n) is 4.76. The highest BCUT2D eigenvalue weighted by Gasteiger charge is 2.27. The van der Waals surface area contributed by atoms with Crippen molar-refractivity contribution in [3.05, 3.63) is 101 Å². The zero-order valence-electron chi connectivity index (χ0n) is 21.4. The molecule has 0 saturated heterocycles. The number of anilines is 2. The molecule has 0 aliphatic carbocycles. The normalized spacial score (nSPS) is 12.7. The lowest BCUT2D eigenvalue weighted by atomic mass is 9.99. The molecule has 4 aromatic rings. The van der Waals surface area contributed by atoms with Crippen LogP contribution in [0.4, 0.5) is 16.0 Å². The van der Waals surface area contributed by atoms with Gasteiger partial charge in [-0.15, -0.1) is 0 Å². The number of ether oxygens (including phenoxy) is 1. The third-order valence-electron chi connectivity index (χ3n) is 6.74. The molecule has 0 atom stereocenters. The van der Waals surface area contributed by atoms with Crippen LogP contribution in [0.5, 0.6) is 0 Å². The molecule has 5 rings (SSSR count). The number of thiocarbonyl (C=S) groups is 1. The highest BCUT2D eigenvalue weighted by Crippen LogP contribution is 2.35. The van der Waals surface area contributed by atoms with Gasteiger partial charge in [-0.25, -0.2) is 4.39 Å². The first-order valence-electron chi connectivity index (χ1n) is 12.8. The number of fused-ring (bicyclic) bond motifs is 1. The van der Waals surface area contributed by atoms with E-state index >= 15 is 0 Å². The molecule has 0 bridgehead atoms. The Morgan fingerprint density at radius 3 is 2.55 bits per heavy atom. The number of nitrogens with zero attached hydrogens (tertiary/aromatic N) is 3. The second-order valence-electron chi connectivity index (χ2n) is 9.33. The average Bonchev–Trinajstić information content (AvgIpc) is 3.37. The summed E-state index contributed by atoms with van der Waals surface area (Å²) >= 11 is 5.84. The summed E-state index contributed by atoms with van der Waals surface area (Å²) in [6, 6.07) is 24.8. The van der Waals surface area contributed by atoms with E-state index in [1.54, 1.807) is 19.2 Å². The van der Waals surface area contributed by atoms with E-state index in [2.05, 4.69) is 44.5 Å². The Bertz CT molecular complexity index is 1360. The van der Waals surface area contributed by atoms with E-state index in [1.807, 2.05) is 30.3 Å². The Labute approximate surface area is 228 Å². The molecule has 0 amide bonds. The number of nitrogens with one attached hydrogen (secondary N) is 1. The van der Waals surface area contributed by atoms with Gasteiger partial charge in [-0.05, 0) is 60.5 Å². The summed E-state index contributed by atoms with van der Waals surface area (Å²) in [5.74, 6) is 0.475. The summed E-state index contributed by atoms with van der Waals surface area (Å²) < 4.78 is 24.8. The monoisotopic (exact) mass is 530 g/mol. The van der Waals surface area contributed by atoms with Gasteiger partial charge in [0.1, 0.15) is 11.5 Å². The van der Waals surface area contributed by atoms with E-state index < -0.39 is 0 Å². The topological polar surface area (TPSA) is 53.8 Å². The highest BCUT2D eigenvalue weighted by molar-refractivity contribution is 7.80. The SMILES string of the molecule is COCCCN(Cc1c(-c2ccccc2)noc1N1CCc2ccccc2C1)C(=S)Nc1ccc(F)cc1. The molecule has 3 aromatic carbocycles. The van der Waals surface area contributed by atoms with Gasteiger partial charge in [0.25, 0.3) is 0 Å². The molecule has 1 aliphatic heterocycles. The molecule has 1 N–H and O–H groups in total. The second-order valence-corrected chi connectivity index (χ2v) is 9.71. The highest BCUT2D eigenvalue weighted by atomic mass is 32.1. The van der Waals surface area contributed by atoms with Crippen LogP contribution < -0.4 is 10.2 Å². The predicted octanol–water partition coefficient (Wildman–Crippen LogP) is 6.28. The third-order valence-corrected chi connectivity index (χ3v) is 7.10. The summed E-state index contributed by atoms with van der Waals surface area (Å²) in [5.41, 5.74) is 6.18. The Hall–Kier alpha value is -3.75. The largest absolute Gasteiger partial charge is 0.385 e. The molecular weight excluding hydrogens is 499 g/mol.